The smallest absolute Gasteiger partial charge is 0.152 e. The second-order valence-electron chi connectivity index (χ2n) is 3.30. The Morgan fingerprint density at radius 1 is 1.12 bits per heavy atom. The molecule has 3 nitrogen and oxygen atoms in total. The van der Waals surface area contributed by atoms with Gasteiger partial charge in [0, 0.05) is 18.3 Å². The molecule has 1 aromatic heterocycles. The van der Waals surface area contributed by atoms with Gasteiger partial charge in [0.15, 0.2) is 11.6 Å². The quantitative estimate of drug-likeness (QED) is 0.894. The third kappa shape index (κ3) is 2.72. The van der Waals surface area contributed by atoms with Crippen LogP contribution >= 0.6 is 0 Å². The Bertz CT molecular complexity index is 494. The molecule has 2 rings (SSSR count). The van der Waals surface area contributed by atoms with Gasteiger partial charge in [-0.05, 0) is 6.07 Å². The summed E-state index contributed by atoms with van der Waals surface area (Å²) >= 11 is 0. The minimum absolute atomic E-state index is 0.127. The second-order valence-corrected chi connectivity index (χ2v) is 3.30. The summed E-state index contributed by atoms with van der Waals surface area (Å²) in [6.45, 7) is 0.127. The van der Waals surface area contributed by atoms with Gasteiger partial charge < -0.3 is 5.32 Å². The summed E-state index contributed by atoms with van der Waals surface area (Å²) in [7, 11) is 0. The van der Waals surface area contributed by atoms with Crippen molar-refractivity contribution in [2.45, 2.75) is 6.54 Å². The normalized spacial score (nSPS) is 10.3. The summed E-state index contributed by atoms with van der Waals surface area (Å²) < 4.78 is 39.1. The summed E-state index contributed by atoms with van der Waals surface area (Å²) in [6.07, 6.45) is 2.84. The van der Waals surface area contributed by atoms with Crippen LogP contribution in [0.25, 0.3) is 0 Å². The van der Waals surface area contributed by atoms with E-state index >= 15 is 0 Å². The van der Waals surface area contributed by atoms with E-state index < -0.39 is 17.5 Å². The van der Waals surface area contributed by atoms with Gasteiger partial charge in [-0.1, -0.05) is 0 Å². The molecule has 0 fully saturated rings. The highest BCUT2D eigenvalue weighted by atomic mass is 19.1. The molecule has 2 aromatic rings. The lowest BCUT2D eigenvalue weighted by atomic mass is 10.2. The molecule has 1 N–H and O–H groups in total. The Morgan fingerprint density at radius 2 is 1.82 bits per heavy atom. The number of nitrogens with one attached hydrogen (secondary N) is 1. The zero-order chi connectivity index (χ0) is 12.3. The molecule has 0 atom stereocenters. The molecule has 0 saturated carbocycles. The molecule has 0 aliphatic rings. The topological polar surface area (TPSA) is 37.8 Å². The van der Waals surface area contributed by atoms with Crippen LogP contribution in [0.1, 0.15) is 5.69 Å². The van der Waals surface area contributed by atoms with Crippen molar-refractivity contribution in [1.82, 2.24) is 9.97 Å². The van der Waals surface area contributed by atoms with E-state index in [4.69, 9.17) is 0 Å². The van der Waals surface area contributed by atoms with Crippen molar-refractivity contribution in [3.63, 3.8) is 0 Å². The van der Waals surface area contributed by atoms with Gasteiger partial charge in [0.25, 0.3) is 0 Å². The molecule has 6 heteroatoms. The maximum Gasteiger partial charge on any atom is 0.152 e. The van der Waals surface area contributed by atoms with Gasteiger partial charge in [0.1, 0.15) is 17.8 Å². The highest BCUT2D eigenvalue weighted by molar-refractivity contribution is 5.46. The first-order valence-corrected chi connectivity index (χ1v) is 4.80. The molecule has 0 aliphatic heterocycles. The van der Waals surface area contributed by atoms with Gasteiger partial charge in [-0.3, -0.25) is 0 Å². The Labute approximate surface area is 95.3 Å². The fourth-order valence-corrected chi connectivity index (χ4v) is 1.31. The largest absolute Gasteiger partial charge is 0.375 e. The highest BCUT2D eigenvalue weighted by Crippen LogP contribution is 2.20. The summed E-state index contributed by atoms with van der Waals surface area (Å²) in [4.78, 5) is 7.59. The van der Waals surface area contributed by atoms with Crippen molar-refractivity contribution in [3.05, 3.63) is 53.9 Å². The van der Waals surface area contributed by atoms with Crippen molar-refractivity contribution in [1.29, 1.82) is 0 Å². The van der Waals surface area contributed by atoms with E-state index in [0.717, 1.165) is 0 Å². The van der Waals surface area contributed by atoms with E-state index in [1.54, 1.807) is 6.07 Å². The van der Waals surface area contributed by atoms with Crippen LogP contribution < -0.4 is 5.32 Å². The lowest BCUT2D eigenvalue weighted by Gasteiger charge is -2.08. The van der Waals surface area contributed by atoms with Crippen LogP contribution in [-0.2, 0) is 6.54 Å². The van der Waals surface area contributed by atoms with Crippen LogP contribution in [0, 0.1) is 17.5 Å². The first kappa shape index (κ1) is 11.4. The molecule has 1 heterocycles. The lowest BCUT2D eigenvalue weighted by molar-refractivity contribution is 0.547. The van der Waals surface area contributed by atoms with Crippen molar-refractivity contribution in [2.75, 3.05) is 5.32 Å². The summed E-state index contributed by atoms with van der Waals surface area (Å²) in [6, 6.07) is 2.84. The number of hydrogen-bond donors (Lipinski definition) is 1. The Morgan fingerprint density at radius 3 is 2.41 bits per heavy atom. The molecule has 0 unspecified atom stereocenters. The molecular formula is C11H8F3N3. The number of aromatic nitrogens is 2. The monoisotopic (exact) mass is 239 g/mol. The maximum atomic E-state index is 13.2. The number of halogens is 3. The van der Waals surface area contributed by atoms with Crippen molar-refractivity contribution in [2.24, 2.45) is 0 Å². The third-order valence-electron chi connectivity index (χ3n) is 2.10. The molecule has 0 spiro atoms. The second kappa shape index (κ2) is 4.82. The lowest BCUT2D eigenvalue weighted by Crippen LogP contribution is -2.05. The van der Waals surface area contributed by atoms with E-state index in [2.05, 4.69) is 15.3 Å². The van der Waals surface area contributed by atoms with E-state index in [1.165, 1.54) is 12.5 Å². The number of benzene rings is 1. The SMILES string of the molecule is Fc1cc(F)c(NCc2ccncn2)c(F)c1. The number of hydrogen-bond acceptors (Lipinski definition) is 3. The van der Waals surface area contributed by atoms with Crippen molar-refractivity contribution in [3.8, 4) is 0 Å². The first-order valence-electron chi connectivity index (χ1n) is 4.80. The molecule has 88 valence electrons. The number of nitrogens with zero attached hydrogens (tertiary/aromatic N) is 2. The van der Waals surface area contributed by atoms with E-state index in [9.17, 15) is 13.2 Å². The average molecular weight is 239 g/mol. The Balaban J connectivity index is 2.15. The molecule has 17 heavy (non-hydrogen) atoms. The molecule has 0 saturated heterocycles. The predicted molar refractivity (Wildman–Crippen MR) is 55.7 cm³/mol. The van der Waals surface area contributed by atoms with Crippen LogP contribution in [0.3, 0.4) is 0 Å². The molecular weight excluding hydrogens is 231 g/mol. The average Bonchev–Trinajstić information content (AvgIpc) is 2.29. The van der Waals surface area contributed by atoms with Gasteiger partial charge in [-0.15, -0.1) is 0 Å². The van der Waals surface area contributed by atoms with Crippen LogP contribution in [0.2, 0.25) is 0 Å². The van der Waals surface area contributed by atoms with Crippen molar-refractivity contribution < 1.29 is 13.2 Å². The maximum absolute atomic E-state index is 13.2. The highest BCUT2D eigenvalue weighted by Gasteiger charge is 2.10. The minimum Gasteiger partial charge on any atom is -0.375 e. The summed E-state index contributed by atoms with van der Waals surface area (Å²) in [5, 5.41) is 2.52. The van der Waals surface area contributed by atoms with Crippen LogP contribution in [0.4, 0.5) is 18.9 Å². The van der Waals surface area contributed by atoms with E-state index in [1.807, 2.05) is 0 Å². The number of anilines is 1. The zero-order valence-electron chi connectivity index (χ0n) is 8.62. The Kier molecular flexibility index (Phi) is 3.22. The van der Waals surface area contributed by atoms with Gasteiger partial charge in [0.2, 0.25) is 0 Å². The molecule has 0 bridgehead atoms. The summed E-state index contributed by atoms with van der Waals surface area (Å²) in [5.74, 6) is -2.90. The summed E-state index contributed by atoms with van der Waals surface area (Å²) in [5.41, 5.74) is 0.202. The first-order chi connectivity index (χ1) is 8.16. The third-order valence-corrected chi connectivity index (χ3v) is 2.10. The molecule has 1 aromatic carbocycles. The van der Waals surface area contributed by atoms with Crippen molar-refractivity contribution >= 4 is 5.69 Å². The van der Waals surface area contributed by atoms with Gasteiger partial charge in [-0.25, -0.2) is 23.1 Å². The Hall–Kier alpha value is -2.11. The molecule has 0 amide bonds. The molecule has 0 radical (unpaired) electrons. The van der Waals surface area contributed by atoms with Gasteiger partial charge >= 0.3 is 0 Å². The standard InChI is InChI=1S/C11H8F3N3/c12-7-3-9(13)11(10(14)4-7)16-5-8-1-2-15-6-17-8/h1-4,6,16H,5H2. The fourth-order valence-electron chi connectivity index (χ4n) is 1.31. The zero-order valence-corrected chi connectivity index (χ0v) is 8.62. The molecule has 0 aliphatic carbocycles. The van der Waals surface area contributed by atoms with Crippen LogP contribution in [0.5, 0.6) is 0 Å². The number of rotatable bonds is 3. The fraction of sp³-hybridized carbons (Fsp3) is 0.0909. The predicted octanol–water partition coefficient (Wildman–Crippen LogP) is 2.51. The van der Waals surface area contributed by atoms with E-state index in [-0.39, 0.29) is 12.2 Å². The van der Waals surface area contributed by atoms with Gasteiger partial charge in [0.05, 0.1) is 12.2 Å². The van der Waals surface area contributed by atoms with E-state index in [0.29, 0.717) is 17.8 Å². The van der Waals surface area contributed by atoms with Gasteiger partial charge in [-0.2, -0.15) is 0 Å². The van der Waals surface area contributed by atoms with Crippen LogP contribution in [-0.4, -0.2) is 9.97 Å². The minimum atomic E-state index is -0.975. The van der Waals surface area contributed by atoms with Crippen LogP contribution in [0.15, 0.2) is 30.7 Å².